The first kappa shape index (κ1) is 12.7. The van der Waals surface area contributed by atoms with E-state index in [1.54, 1.807) is 6.92 Å². The van der Waals surface area contributed by atoms with Crippen LogP contribution in [-0.2, 0) is 11.3 Å². The van der Waals surface area contributed by atoms with E-state index in [0.717, 1.165) is 16.1 Å². The van der Waals surface area contributed by atoms with Crippen LogP contribution >= 0.6 is 11.3 Å². The summed E-state index contributed by atoms with van der Waals surface area (Å²) in [7, 11) is 1.37. The van der Waals surface area contributed by atoms with E-state index in [1.165, 1.54) is 18.4 Å². The van der Waals surface area contributed by atoms with Crippen LogP contribution < -0.4 is 5.73 Å². The van der Waals surface area contributed by atoms with Crippen LogP contribution in [0, 0.1) is 6.92 Å². The lowest BCUT2D eigenvalue weighted by Gasteiger charge is -1.99. The molecule has 0 unspecified atom stereocenters. The molecule has 1 heterocycles. The third-order valence-electron chi connectivity index (χ3n) is 2.58. The van der Waals surface area contributed by atoms with Crippen LogP contribution in [0.2, 0.25) is 0 Å². The maximum atomic E-state index is 11.5. The number of hydrogen-bond acceptors (Lipinski definition) is 5. The topological polar surface area (TPSA) is 65.2 Å². The third-order valence-corrected chi connectivity index (χ3v) is 3.76. The lowest BCUT2D eigenvalue weighted by Crippen LogP contribution is -1.99. The fourth-order valence-corrected chi connectivity index (χ4v) is 2.61. The summed E-state index contributed by atoms with van der Waals surface area (Å²) in [6.45, 7) is 2.29. The molecule has 2 aromatic rings. The summed E-state index contributed by atoms with van der Waals surface area (Å²) >= 11 is 1.34. The molecule has 5 heteroatoms. The number of thiazole rings is 1. The summed E-state index contributed by atoms with van der Waals surface area (Å²) in [4.78, 5) is 16.5. The van der Waals surface area contributed by atoms with Crippen LogP contribution in [0.5, 0.6) is 0 Å². The molecule has 18 heavy (non-hydrogen) atoms. The molecule has 0 fully saturated rings. The van der Waals surface area contributed by atoms with Crippen molar-refractivity contribution in [2.75, 3.05) is 7.11 Å². The van der Waals surface area contributed by atoms with Crippen molar-refractivity contribution >= 4 is 17.3 Å². The highest BCUT2D eigenvalue weighted by Crippen LogP contribution is 2.28. The zero-order valence-corrected chi connectivity index (χ0v) is 11.1. The van der Waals surface area contributed by atoms with Crippen LogP contribution in [-0.4, -0.2) is 18.1 Å². The van der Waals surface area contributed by atoms with Crippen molar-refractivity contribution in [3.05, 3.63) is 40.4 Å². The van der Waals surface area contributed by atoms with Gasteiger partial charge < -0.3 is 10.5 Å². The molecule has 4 nitrogen and oxygen atoms in total. The Kier molecular flexibility index (Phi) is 3.74. The Balaban J connectivity index is 2.42. The predicted molar refractivity (Wildman–Crippen MR) is 71.5 cm³/mol. The Morgan fingerprint density at radius 3 is 2.94 bits per heavy atom. The average molecular weight is 262 g/mol. The standard InChI is InChI=1S/C13H14N2O2S/c1-8-11(13(16)17-2)18-12(15-8)10-5-3-4-9(6-10)7-14/h3-6H,7,14H2,1-2H3. The van der Waals surface area contributed by atoms with Gasteiger partial charge in [-0.1, -0.05) is 18.2 Å². The van der Waals surface area contributed by atoms with Crippen LogP contribution in [0.4, 0.5) is 0 Å². The number of nitrogens with zero attached hydrogens (tertiary/aromatic N) is 1. The molecule has 2 rings (SSSR count). The van der Waals surface area contributed by atoms with Gasteiger partial charge in [-0.3, -0.25) is 0 Å². The second kappa shape index (κ2) is 5.29. The van der Waals surface area contributed by atoms with Gasteiger partial charge in [-0.05, 0) is 18.6 Å². The van der Waals surface area contributed by atoms with Crippen molar-refractivity contribution < 1.29 is 9.53 Å². The highest BCUT2D eigenvalue weighted by atomic mass is 32.1. The smallest absolute Gasteiger partial charge is 0.349 e. The molecular formula is C13H14N2O2S. The van der Waals surface area contributed by atoms with Crippen molar-refractivity contribution in [2.45, 2.75) is 13.5 Å². The van der Waals surface area contributed by atoms with Gasteiger partial charge in [-0.25, -0.2) is 9.78 Å². The first-order chi connectivity index (χ1) is 8.65. The summed E-state index contributed by atoms with van der Waals surface area (Å²) < 4.78 is 4.72. The Labute approximate surface area is 109 Å². The highest BCUT2D eigenvalue weighted by Gasteiger charge is 2.16. The first-order valence-corrected chi connectivity index (χ1v) is 6.32. The number of ether oxygens (including phenoxy) is 1. The van der Waals surface area contributed by atoms with E-state index in [-0.39, 0.29) is 5.97 Å². The van der Waals surface area contributed by atoms with Crippen LogP contribution in [0.15, 0.2) is 24.3 Å². The van der Waals surface area contributed by atoms with Crippen LogP contribution in [0.25, 0.3) is 10.6 Å². The lowest BCUT2D eigenvalue weighted by molar-refractivity contribution is 0.0605. The average Bonchev–Trinajstić information content (AvgIpc) is 2.80. The van der Waals surface area contributed by atoms with Gasteiger partial charge in [0.15, 0.2) is 0 Å². The maximum Gasteiger partial charge on any atom is 0.349 e. The Hall–Kier alpha value is -1.72. The van der Waals surface area contributed by atoms with E-state index in [4.69, 9.17) is 10.5 Å². The molecule has 94 valence electrons. The SMILES string of the molecule is COC(=O)c1sc(-c2cccc(CN)c2)nc1C. The number of carbonyl (C=O) groups excluding carboxylic acids is 1. The second-order valence-electron chi connectivity index (χ2n) is 3.83. The Morgan fingerprint density at radius 2 is 2.28 bits per heavy atom. The monoisotopic (exact) mass is 262 g/mol. The van der Waals surface area contributed by atoms with Gasteiger partial charge in [0.2, 0.25) is 0 Å². The molecular weight excluding hydrogens is 248 g/mol. The van der Waals surface area contributed by atoms with E-state index in [9.17, 15) is 4.79 Å². The molecule has 0 aliphatic carbocycles. The number of methoxy groups -OCH3 is 1. The van der Waals surface area contributed by atoms with Gasteiger partial charge in [-0.15, -0.1) is 11.3 Å². The van der Waals surface area contributed by atoms with Crippen LogP contribution in [0.1, 0.15) is 20.9 Å². The van der Waals surface area contributed by atoms with Crippen molar-refractivity contribution in [1.82, 2.24) is 4.98 Å². The molecule has 0 saturated carbocycles. The predicted octanol–water partition coefficient (Wildman–Crippen LogP) is 2.36. The third kappa shape index (κ3) is 2.42. The van der Waals surface area contributed by atoms with Crippen molar-refractivity contribution in [3.63, 3.8) is 0 Å². The number of hydrogen-bond donors (Lipinski definition) is 1. The van der Waals surface area contributed by atoms with Gasteiger partial charge >= 0.3 is 5.97 Å². The molecule has 0 spiro atoms. The van der Waals surface area contributed by atoms with E-state index in [2.05, 4.69) is 4.98 Å². The first-order valence-electron chi connectivity index (χ1n) is 5.51. The summed E-state index contributed by atoms with van der Waals surface area (Å²) in [5.41, 5.74) is 8.32. The molecule has 0 atom stereocenters. The zero-order chi connectivity index (χ0) is 13.1. The molecule has 0 aliphatic heterocycles. The molecule has 0 amide bonds. The number of rotatable bonds is 3. The van der Waals surface area contributed by atoms with Gasteiger partial charge in [0.1, 0.15) is 9.88 Å². The van der Waals surface area contributed by atoms with E-state index >= 15 is 0 Å². The van der Waals surface area contributed by atoms with Gasteiger partial charge in [0, 0.05) is 12.1 Å². The van der Waals surface area contributed by atoms with Gasteiger partial charge in [-0.2, -0.15) is 0 Å². The number of esters is 1. The van der Waals surface area contributed by atoms with Crippen LogP contribution in [0.3, 0.4) is 0 Å². The van der Waals surface area contributed by atoms with Crippen molar-refractivity contribution in [1.29, 1.82) is 0 Å². The largest absolute Gasteiger partial charge is 0.465 e. The second-order valence-corrected chi connectivity index (χ2v) is 4.83. The molecule has 0 radical (unpaired) electrons. The number of carbonyl (C=O) groups is 1. The quantitative estimate of drug-likeness (QED) is 0.862. The van der Waals surface area contributed by atoms with Crippen molar-refractivity contribution in [2.24, 2.45) is 5.73 Å². The minimum Gasteiger partial charge on any atom is -0.465 e. The highest BCUT2D eigenvalue weighted by molar-refractivity contribution is 7.17. The van der Waals surface area contributed by atoms with Crippen molar-refractivity contribution in [3.8, 4) is 10.6 Å². The fraction of sp³-hybridized carbons (Fsp3) is 0.231. The summed E-state index contributed by atoms with van der Waals surface area (Å²) in [5, 5.41) is 0.809. The number of aryl methyl sites for hydroxylation is 1. The van der Waals surface area contributed by atoms with E-state index in [0.29, 0.717) is 17.1 Å². The lowest BCUT2D eigenvalue weighted by atomic mass is 10.1. The van der Waals surface area contributed by atoms with E-state index in [1.807, 2.05) is 24.3 Å². The normalized spacial score (nSPS) is 10.4. The fourth-order valence-electron chi connectivity index (χ4n) is 1.63. The summed E-state index contributed by atoms with van der Waals surface area (Å²) in [6, 6.07) is 7.84. The Bertz CT molecular complexity index is 578. The Morgan fingerprint density at radius 1 is 1.50 bits per heavy atom. The molecule has 0 bridgehead atoms. The number of aromatic nitrogens is 1. The molecule has 2 N–H and O–H groups in total. The number of nitrogens with two attached hydrogens (primary N) is 1. The molecule has 0 saturated heterocycles. The van der Waals surface area contributed by atoms with Gasteiger partial charge in [0.25, 0.3) is 0 Å². The zero-order valence-electron chi connectivity index (χ0n) is 10.3. The van der Waals surface area contributed by atoms with Gasteiger partial charge in [0.05, 0.1) is 12.8 Å². The minimum atomic E-state index is -0.341. The van der Waals surface area contributed by atoms with E-state index < -0.39 is 0 Å². The molecule has 1 aromatic heterocycles. The minimum absolute atomic E-state index is 0.341. The maximum absolute atomic E-state index is 11.5. The molecule has 0 aliphatic rings. The number of benzene rings is 1. The summed E-state index contributed by atoms with van der Waals surface area (Å²) in [6.07, 6.45) is 0. The molecule has 1 aromatic carbocycles. The summed E-state index contributed by atoms with van der Waals surface area (Å²) in [5.74, 6) is -0.341.